The molecule has 18 heavy (non-hydrogen) atoms. The van der Waals surface area contributed by atoms with Crippen LogP contribution in [0.25, 0.3) is 0 Å². The lowest BCUT2D eigenvalue weighted by Crippen LogP contribution is -2.38. The molecule has 3 rings (SSSR count). The molecule has 1 aromatic rings. The molecular formula is C15H20N2O. The minimum absolute atomic E-state index is 0.178. The Morgan fingerprint density at radius 2 is 1.94 bits per heavy atom. The van der Waals surface area contributed by atoms with Crippen molar-refractivity contribution in [3.8, 4) is 0 Å². The summed E-state index contributed by atoms with van der Waals surface area (Å²) >= 11 is 0. The van der Waals surface area contributed by atoms with Gasteiger partial charge in [0, 0.05) is 18.3 Å². The molecule has 0 bridgehead atoms. The van der Waals surface area contributed by atoms with E-state index in [4.69, 9.17) is 5.73 Å². The maximum atomic E-state index is 11.7. The number of hydrogen-bond donors (Lipinski definition) is 1. The summed E-state index contributed by atoms with van der Waals surface area (Å²) in [5.41, 5.74) is 9.75. The summed E-state index contributed by atoms with van der Waals surface area (Å²) in [6, 6.07) is 6.33. The van der Waals surface area contributed by atoms with E-state index in [1.807, 2.05) is 7.05 Å². The van der Waals surface area contributed by atoms with Crippen LogP contribution in [0.1, 0.15) is 43.2 Å². The number of carbonyl (C=O) groups is 1. The van der Waals surface area contributed by atoms with Gasteiger partial charge in [-0.1, -0.05) is 31.4 Å². The summed E-state index contributed by atoms with van der Waals surface area (Å²) in [7, 11) is 1.85. The topological polar surface area (TPSA) is 46.3 Å². The maximum Gasteiger partial charge on any atom is 0.231 e. The Morgan fingerprint density at radius 3 is 2.67 bits per heavy atom. The molecule has 96 valence electrons. The third kappa shape index (κ3) is 1.74. The highest BCUT2D eigenvalue weighted by atomic mass is 16.2. The number of nitrogens with two attached hydrogens (primary N) is 1. The fourth-order valence-electron chi connectivity index (χ4n) is 3.22. The molecule has 0 radical (unpaired) electrons. The van der Waals surface area contributed by atoms with Gasteiger partial charge in [-0.15, -0.1) is 0 Å². The summed E-state index contributed by atoms with van der Waals surface area (Å²) in [6.07, 6.45) is 6.36. The van der Waals surface area contributed by atoms with Gasteiger partial charge in [-0.05, 0) is 30.0 Å². The van der Waals surface area contributed by atoms with Crippen molar-refractivity contribution in [2.24, 2.45) is 5.73 Å². The Hall–Kier alpha value is -1.35. The minimum atomic E-state index is -0.181. The molecule has 1 aliphatic heterocycles. The van der Waals surface area contributed by atoms with Crippen LogP contribution in [0.15, 0.2) is 18.2 Å². The predicted molar refractivity (Wildman–Crippen MR) is 72.5 cm³/mol. The van der Waals surface area contributed by atoms with Crippen LogP contribution in [0.3, 0.4) is 0 Å². The first-order chi connectivity index (χ1) is 8.60. The highest BCUT2D eigenvalue weighted by molar-refractivity contribution is 6.01. The normalized spacial score (nSPS) is 22.1. The van der Waals surface area contributed by atoms with E-state index in [0.717, 1.165) is 24.1 Å². The van der Waals surface area contributed by atoms with Gasteiger partial charge in [0.25, 0.3) is 0 Å². The zero-order valence-corrected chi connectivity index (χ0v) is 10.9. The van der Waals surface area contributed by atoms with Crippen LogP contribution in [0.5, 0.6) is 0 Å². The van der Waals surface area contributed by atoms with E-state index >= 15 is 0 Å². The number of rotatable bonds is 1. The number of hydrogen-bond acceptors (Lipinski definition) is 2. The Bertz CT molecular complexity index is 489. The van der Waals surface area contributed by atoms with E-state index in [0.29, 0.717) is 6.42 Å². The number of amides is 1. The number of nitrogens with zero attached hydrogens (tertiary/aromatic N) is 1. The molecule has 0 spiro atoms. The summed E-state index contributed by atoms with van der Waals surface area (Å²) in [5, 5.41) is 0. The number of carbonyl (C=O) groups excluding carboxylic acids is 1. The molecule has 0 unspecified atom stereocenters. The Morgan fingerprint density at radius 1 is 1.22 bits per heavy atom. The Balaban J connectivity index is 1.98. The zero-order valence-electron chi connectivity index (χ0n) is 10.9. The van der Waals surface area contributed by atoms with Crippen molar-refractivity contribution < 1.29 is 4.79 Å². The van der Waals surface area contributed by atoms with Crippen molar-refractivity contribution in [3.63, 3.8) is 0 Å². The fourth-order valence-corrected chi connectivity index (χ4v) is 3.22. The van der Waals surface area contributed by atoms with Crippen molar-refractivity contribution in [2.45, 2.75) is 44.1 Å². The van der Waals surface area contributed by atoms with Crippen molar-refractivity contribution >= 4 is 11.6 Å². The van der Waals surface area contributed by atoms with Crippen LogP contribution in [0.2, 0.25) is 0 Å². The molecule has 0 atom stereocenters. The summed E-state index contributed by atoms with van der Waals surface area (Å²) < 4.78 is 0. The van der Waals surface area contributed by atoms with Gasteiger partial charge in [-0.25, -0.2) is 0 Å². The Labute approximate surface area is 108 Å². The largest absolute Gasteiger partial charge is 0.321 e. The summed E-state index contributed by atoms with van der Waals surface area (Å²) in [6.45, 7) is 0. The summed E-state index contributed by atoms with van der Waals surface area (Å²) in [4.78, 5) is 13.4. The van der Waals surface area contributed by atoms with Crippen LogP contribution in [-0.2, 0) is 16.8 Å². The number of likely N-dealkylation sites (N-methyl/N-ethyl adjacent to an activating group) is 1. The van der Waals surface area contributed by atoms with Crippen molar-refractivity contribution in [1.82, 2.24) is 0 Å². The molecule has 3 nitrogen and oxygen atoms in total. The second kappa shape index (κ2) is 4.09. The standard InChI is InChI=1S/C15H20N2O/c1-17-13-10-12(6-5-11(13)9-14(17)18)15(16)7-3-2-4-8-15/h5-6,10H,2-4,7-9,16H2,1H3. The van der Waals surface area contributed by atoms with E-state index in [1.54, 1.807) is 4.90 Å². The molecule has 0 saturated heterocycles. The lowest BCUT2D eigenvalue weighted by molar-refractivity contribution is -0.117. The van der Waals surface area contributed by atoms with Crippen molar-refractivity contribution in [1.29, 1.82) is 0 Å². The van der Waals surface area contributed by atoms with Crippen LogP contribution < -0.4 is 10.6 Å². The fraction of sp³-hybridized carbons (Fsp3) is 0.533. The second-order valence-electron chi connectivity index (χ2n) is 5.69. The van der Waals surface area contributed by atoms with E-state index < -0.39 is 0 Å². The highest BCUT2D eigenvalue weighted by Crippen LogP contribution is 2.38. The predicted octanol–water partition coefficient (Wildman–Crippen LogP) is 2.32. The molecule has 1 saturated carbocycles. The van der Waals surface area contributed by atoms with Gasteiger partial charge in [0.1, 0.15) is 0 Å². The van der Waals surface area contributed by atoms with Gasteiger partial charge in [0.05, 0.1) is 6.42 Å². The van der Waals surface area contributed by atoms with Gasteiger partial charge in [0.15, 0.2) is 0 Å². The molecule has 1 amide bonds. The smallest absolute Gasteiger partial charge is 0.231 e. The SMILES string of the molecule is CN1C(=O)Cc2ccc(C3(N)CCCCC3)cc21. The lowest BCUT2D eigenvalue weighted by atomic mass is 9.77. The third-order valence-electron chi connectivity index (χ3n) is 4.48. The molecule has 1 aliphatic carbocycles. The third-order valence-corrected chi connectivity index (χ3v) is 4.48. The average molecular weight is 244 g/mol. The lowest BCUT2D eigenvalue weighted by Gasteiger charge is -2.34. The monoisotopic (exact) mass is 244 g/mol. The van der Waals surface area contributed by atoms with E-state index in [-0.39, 0.29) is 11.4 Å². The molecular weight excluding hydrogens is 224 g/mol. The quantitative estimate of drug-likeness (QED) is 0.824. The molecule has 1 fully saturated rings. The van der Waals surface area contributed by atoms with Crippen LogP contribution in [-0.4, -0.2) is 13.0 Å². The van der Waals surface area contributed by atoms with E-state index in [9.17, 15) is 4.79 Å². The van der Waals surface area contributed by atoms with Gasteiger partial charge < -0.3 is 10.6 Å². The van der Waals surface area contributed by atoms with Gasteiger partial charge in [-0.2, -0.15) is 0 Å². The van der Waals surface area contributed by atoms with Gasteiger partial charge >= 0.3 is 0 Å². The minimum Gasteiger partial charge on any atom is -0.321 e. The number of anilines is 1. The molecule has 2 N–H and O–H groups in total. The molecule has 1 heterocycles. The van der Waals surface area contributed by atoms with Crippen molar-refractivity contribution in [3.05, 3.63) is 29.3 Å². The maximum absolute atomic E-state index is 11.7. The first-order valence-corrected chi connectivity index (χ1v) is 6.79. The molecule has 1 aromatic carbocycles. The first-order valence-electron chi connectivity index (χ1n) is 6.79. The van der Waals surface area contributed by atoms with Crippen molar-refractivity contribution in [2.75, 3.05) is 11.9 Å². The van der Waals surface area contributed by atoms with Crippen LogP contribution in [0.4, 0.5) is 5.69 Å². The van der Waals surface area contributed by atoms with E-state index in [2.05, 4.69) is 18.2 Å². The highest BCUT2D eigenvalue weighted by Gasteiger charge is 2.32. The van der Waals surface area contributed by atoms with Gasteiger partial charge in [-0.3, -0.25) is 4.79 Å². The molecule has 3 heteroatoms. The van der Waals surface area contributed by atoms with Gasteiger partial charge in [0.2, 0.25) is 5.91 Å². The number of benzene rings is 1. The molecule has 2 aliphatic rings. The van der Waals surface area contributed by atoms with Crippen LogP contribution in [0, 0.1) is 0 Å². The number of fused-ring (bicyclic) bond motifs is 1. The molecule has 0 aromatic heterocycles. The van der Waals surface area contributed by atoms with Crippen LogP contribution >= 0.6 is 0 Å². The zero-order chi connectivity index (χ0) is 12.8. The summed E-state index contributed by atoms with van der Waals surface area (Å²) in [5.74, 6) is 0.178. The first kappa shape index (κ1) is 11.7. The van der Waals surface area contributed by atoms with E-state index in [1.165, 1.54) is 24.8 Å². The second-order valence-corrected chi connectivity index (χ2v) is 5.69. The Kier molecular flexibility index (Phi) is 2.67. The average Bonchev–Trinajstić information content (AvgIpc) is 2.66.